The number of benzene rings is 4. The third-order valence-electron chi connectivity index (χ3n) is 7.96. The number of nitrogens with zero attached hydrogens (tertiary/aromatic N) is 2. The van der Waals surface area contributed by atoms with E-state index in [0.717, 1.165) is 7.05 Å². The molecule has 6 rings (SSSR count). The smallest absolute Gasteiger partial charge is 0.270 e. The number of rotatable bonds is 5. The number of halogens is 13. The van der Waals surface area contributed by atoms with E-state index in [1.54, 1.807) is 0 Å². The summed E-state index contributed by atoms with van der Waals surface area (Å²) in [6, 6.07) is 0.327. The molecule has 0 saturated heterocycles. The van der Waals surface area contributed by atoms with Crippen molar-refractivity contribution >= 4 is 31.4 Å². The van der Waals surface area contributed by atoms with E-state index in [9.17, 15) is 67.1 Å². The van der Waals surface area contributed by atoms with Gasteiger partial charge in [-0.3, -0.25) is 23.7 Å². The van der Waals surface area contributed by atoms with Gasteiger partial charge in [-0.15, -0.1) is 0 Å². The average molecular weight is 786 g/mol. The lowest BCUT2D eigenvalue weighted by Crippen LogP contribution is -2.28. The minimum absolute atomic E-state index is 0.235. The maximum absolute atomic E-state index is 15.6. The molecule has 2 aromatic heterocycles. The SMILES string of the molecule is Cc1c(F)c(F)c(S(=O)(=O)c2c(F)c(F)c(-n3c(=O)c4cc5c(=O)n(C)c(=O)c5c(Oc5c(F)c(F)c(F)c(F)c5F)c4c3=O)c(F)c2F)c(F)c1F. The Kier molecular flexibility index (Phi) is 8.16. The predicted molar refractivity (Wildman–Crippen MR) is 150 cm³/mol. The van der Waals surface area contributed by atoms with E-state index in [1.165, 1.54) is 0 Å². The van der Waals surface area contributed by atoms with E-state index in [0.29, 0.717) is 13.0 Å². The first kappa shape index (κ1) is 36.8. The molecule has 4 aromatic carbocycles. The molecule has 0 unspecified atom stereocenters. The van der Waals surface area contributed by atoms with Crippen LogP contribution >= 0.6 is 0 Å². The number of hydrogen-bond acceptors (Lipinski definition) is 7. The highest BCUT2D eigenvalue weighted by Crippen LogP contribution is 2.40. The third-order valence-corrected chi connectivity index (χ3v) is 9.75. The Labute approximate surface area is 280 Å². The largest absolute Gasteiger partial charge is 0.449 e. The molecule has 0 spiro atoms. The molecule has 0 N–H and O–H groups in total. The molecule has 0 aliphatic carbocycles. The zero-order valence-corrected chi connectivity index (χ0v) is 26.0. The Morgan fingerprint density at radius 1 is 0.491 bits per heavy atom. The van der Waals surface area contributed by atoms with Crippen LogP contribution in [-0.4, -0.2) is 17.6 Å². The molecular weight excluding hydrogens is 779 g/mol. The van der Waals surface area contributed by atoms with Crippen molar-refractivity contribution in [3.63, 3.8) is 0 Å². The van der Waals surface area contributed by atoms with Crippen molar-refractivity contribution in [3.05, 3.63) is 129 Å². The molecule has 9 nitrogen and oxygen atoms in total. The average Bonchev–Trinajstić information content (AvgIpc) is 3.48. The van der Waals surface area contributed by atoms with Crippen LogP contribution < -0.4 is 27.0 Å². The van der Waals surface area contributed by atoms with E-state index in [4.69, 9.17) is 4.74 Å². The van der Waals surface area contributed by atoms with Crippen LogP contribution in [-0.2, 0) is 16.9 Å². The molecule has 53 heavy (non-hydrogen) atoms. The van der Waals surface area contributed by atoms with Gasteiger partial charge in [0.15, 0.2) is 52.3 Å². The van der Waals surface area contributed by atoms with Crippen LogP contribution in [0, 0.1) is 82.5 Å². The molecule has 0 fully saturated rings. The number of ether oxygens (including phenoxy) is 1. The Bertz CT molecular complexity index is 2950. The minimum atomic E-state index is -6.68. The second-order valence-corrected chi connectivity index (χ2v) is 12.6. The zero-order valence-electron chi connectivity index (χ0n) is 25.2. The number of fused-ring (bicyclic) bond motifs is 2. The lowest BCUT2D eigenvalue weighted by molar-refractivity contribution is 0.334. The summed E-state index contributed by atoms with van der Waals surface area (Å²) in [4.78, 5) is 47.0. The van der Waals surface area contributed by atoms with E-state index in [1.807, 2.05) is 0 Å². The van der Waals surface area contributed by atoms with Crippen molar-refractivity contribution in [1.29, 1.82) is 0 Å². The normalized spacial score (nSPS) is 12.1. The number of sulfone groups is 1. The van der Waals surface area contributed by atoms with Gasteiger partial charge in [0, 0.05) is 12.6 Å². The zero-order chi connectivity index (χ0) is 39.7. The van der Waals surface area contributed by atoms with Crippen molar-refractivity contribution in [2.75, 3.05) is 0 Å². The van der Waals surface area contributed by atoms with E-state index in [2.05, 4.69) is 0 Å². The lowest BCUT2D eigenvalue weighted by Gasteiger charge is -2.14. The lowest BCUT2D eigenvalue weighted by atomic mass is 10.1. The van der Waals surface area contributed by atoms with Gasteiger partial charge in [0.2, 0.25) is 44.7 Å². The van der Waals surface area contributed by atoms with Crippen LogP contribution in [0.1, 0.15) is 5.56 Å². The summed E-state index contributed by atoms with van der Waals surface area (Å²) in [5, 5.41) is -5.11. The highest BCUT2D eigenvalue weighted by molar-refractivity contribution is 7.91. The van der Waals surface area contributed by atoms with Crippen molar-refractivity contribution in [1.82, 2.24) is 9.13 Å². The molecule has 0 bridgehead atoms. The van der Waals surface area contributed by atoms with Gasteiger partial charge in [0.1, 0.15) is 15.5 Å². The van der Waals surface area contributed by atoms with Crippen LogP contribution in [0.4, 0.5) is 57.1 Å². The maximum atomic E-state index is 15.6. The first-order chi connectivity index (χ1) is 24.5. The Morgan fingerprint density at radius 3 is 1.36 bits per heavy atom. The van der Waals surface area contributed by atoms with Crippen LogP contribution in [0.5, 0.6) is 11.5 Å². The fourth-order valence-electron chi connectivity index (χ4n) is 5.36. The first-order valence-electron chi connectivity index (χ1n) is 13.6. The van der Waals surface area contributed by atoms with Crippen LogP contribution in [0.3, 0.4) is 0 Å². The molecule has 0 amide bonds. The third kappa shape index (κ3) is 4.68. The molecule has 0 aliphatic heterocycles. The Balaban J connectivity index is 1.73. The van der Waals surface area contributed by atoms with Crippen molar-refractivity contribution in [3.8, 4) is 17.2 Å². The molecule has 0 atom stereocenters. The van der Waals surface area contributed by atoms with Gasteiger partial charge < -0.3 is 4.74 Å². The van der Waals surface area contributed by atoms with Gasteiger partial charge in [-0.1, -0.05) is 0 Å². The second-order valence-electron chi connectivity index (χ2n) is 10.8. The van der Waals surface area contributed by atoms with Crippen LogP contribution in [0.2, 0.25) is 0 Å². The number of aromatic nitrogens is 2. The molecule has 0 aliphatic rings. The first-order valence-corrected chi connectivity index (χ1v) is 15.0. The summed E-state index contributed by atoms with van der Waals surface area (Å²) in [6.07, 6.45) is 0. The summed E-state index contributed by atoms with van der Waals surface area (Å²) in [5.74, 6) is -40.3. The molecule has 0 radical (unpaired) electrons. The van der Waals surface area contributed by atoms with Gasteiger partial charge in [0.05, 0.1) is 21.5 Å². The van der Waals surface area contributed by atoms with E-state index < -0.39 is 166 Å². The quantitative estimate of drug-likeness (QED) is 0.134. The van der Waals surface area contributed by atoms with Gasteiger partial charge in [-0.25, -0.2) is 61.3 Å². The molecule has 276 valence electrons. The fraction of sp³-hybridized carbons (Fsp3) is 0.0667. The summed E-state index contributed by atoms with van der Waals surface area (Å²) >= 11 is 0. The van der Waals surface area contributed by atoms with E-state index in [-0.39, 0.29) is 4.57 Å². The molecule has 0 saturated carbocycles. The van der Waals surface area contributed by atoms with Gasteiger partial charge >= 0.3 is 0 Å². The monoisotopic (exact) mass is 786 g/mol. The van der Waals surface area contributed by atoms with Crippen LogP contribution in [0.25, 0.3) is 27.2 Å². The maximum Gasteiger partial charge on any atom is 0.270 e. The molecular formula is C30H7F13N2O7S. The van der Waals surface area contributed by atoms with Crippen molar-refractivity contribution in [2.45, 2.75) is 16.7 Å². The minimum Gasteiger partial charge on any atom is -0.449 e. The summed E-state index contributed by atoms with van der Waals surface area (Å²) in [5.41, 5.74) is -11.3. The molecule has 23 heteroatoms. The summed E-state index contributed by atoms with van der Waals surface area (Å²) < 4.78 is 220. The van der Waals surface area contributed by atoms with E-state index >= 15 is 17.6 Å². The molecule has 2 heterocycles. The van der Waals surface area contributed by atoms with Crippen molar-refractivity contribution < 1.29 is 70.2 Å². The predicted octanol–water partition coefficient (Wildman–Crippen LogP) is 5.18. The summed E-state index contributed by atoms with van der Waals surface area (Å²) in [6.45, 7) is 0.406. The van der Waals surface area contributed by atoms with Gasteiger partial charge in [0.25, 0.3) is 22.2 Å². The topological polar surface area (TPSA) is 122 Å². The van der Waals surface area contributed by atoms with Crippen LogP contribution in [0.15, 0.2) is 35.0 Å². The Hall–Kier alpha value is -6.00. The second kappa shape index (κ2) is 11.8. The Morgan fingerprint density at radius 2 is 0.887 bits per heavy atom. The fourth-order valence-corrected chi connectivity index (χ4v) is 6.86. The standard InChI is InChI=1S/C30H7F13N2O7S/c1-4-9(31)18(40)25(19(41)10(4)32)53(50,51)26-20(42)14(36)22(15(37)21(26)43)45-28(47)6-3-5-7(29(48)44(2)27(5)46)23(8(6)30(45)49)52-24-16(38)12(34)11(33)13(35)17(24)39/h3H,1-2H3. The molecule has 6 aromatic rings. The number of hydrogen-bond donors (Lipinski definition) is 0. The van der Waals surface area contributed by atoms with Gasteiger partial charge in [-0.2, -0.15) is 8.78 Å². The highest BCUT2D eigenvalue weighted by Gasteiger charge is 2.41. The highest BCUT2D eigenvalue weighted by atomic mass is 32.2. The van der Waals surface area contributed by atoms with Crippen molar-refractivity contribution in [2.24, 2.45) is 7.05 Å². The summed E-state index contributed by atoms with van der Waals surface area (Å²) in [7, 11) is -5.92. The van der Waals surface area contributed by atoms with Gasteiger partial charge in [-0.05, 0) is 13.0 Å².